The Labute approximate surface area is 116 Å². The first-order valence-electron chi connectivity index (χ1n) is 7.75. The Morgan fingerprint density at radius 2 is 1.89 bits per heavy atom. The molecule has 2 nitrogen and oxygen atoms in total. The van der Waals surface area contributed by atoms with Gasteiger partial charge >= 0.3 is 0 Å². The van der Waals surface area contributed by atoms with E-state index in [0.717, 1.165) is 24.6 Å². The molecule has 0 aromatic heterocycles. The highest BCUT2D eigenvalue weighted by Crippen LogP contribution is 2.42. The van der Waals surface area contributed by atoms with Gasteiger partial charge < -0.3 is 5.11 Å². The molecule has 1 aromatic rings. The fourth-order valence-corrected chi connectivity index (χ4v) is 3.65. The van der Waals surface area contributed by atoms with Crippen LogP contribution in [0.15, 0.2) is 24.3 Å². The van der Waals surface area contributed by atoms with E-state index in [9.17, 15) is 5.11 Å². The van der Waals surface area contributed by atoms with Crippen molar-refractivity contribution in [3.8, 4) is 0 Å². The van der Waals surface area contributed by atoms with Crippen molar-refractivity contribution >= 4 is 0 Å². The molecule has 3 rings (SSSR count). The lowest BCUT2D eigenvalue weighted by Crippen LogP contribution is -2.44. The van der Waals surface area contributed by atoms with Crippen LogP contribution in [0.1, 0.15) is 62.7 Å². The van der Waals surface area contributed by atoms with Gasteiger partial charge in [0.25, 0.3) is 0 Å². The Morgan fingerprint density at radius 1 is 1.21 bits per heavy atom. The summed E-state index contributed by atoms with van der Waals surface area (Å²) in [6.45, 7) is 5.66. The summed E-state index contributed by atoms with van der Waals surface area (Å²) >= 11 is 0. The summed E-state index contributed by atoms with van der Waals surface area (Å²) in [6, 6.07) is 9.49. The van der Waals surface area contributed by atoms with Crippen LogP contribution in [0.5, 0.6) is 0 Å². The van der Waals surface area contributed by atoms with Crippen molar-refractivity contribution in [2.45, 2.75) is 63.6 Å². The third kappa shape index (κ3) is 2.44. The first-order chi connectivity index (χ1) is 9.22. The van der Waals surface area contributed by atoms with Crippen LogP contribution in [0.3, 0.4) is 0 Å². The molecule has 2 heteroatoms. The van der Waals surface area contributed by atoms with E-state index in [1.807, 2.05) is 0 Å². The van der Waals surface area contributed by atoms with Crippen molar-refractivity contribution in [2.24, 2.45) is 0 Å². The molecular formula is C17H25NO. The molecule has 1 aromatic carbocycles. The van der Waals surface area contributed by atoms with E-state index < -0.39 is 0 Å². The van der Waals surface area contributed by atoms with E-state index >= 15 is 0 Å². The second-order valence-corrected chi connectivity index (χ2v) is 6.25. The third-order valence-corrected chi connectivity index (χ3v) is 4.73. The van der Waals surface area contributed by atoms with Crippen LogP contribution in [0.2, 0.25) is 0 Å². The van der Waals surface area contributed by atoms with Gasteiger partial charge in [0.15, 0.2) is 0 Å². The summed E-state index contributed by atoms with van der Waals surface area (Å²) in [5.74, 6) is 0.558. The molecule has 0 heterocycles. The Bertz CT molecular complexity index is 441. The molecule has 0 bridgehead atoms. The minimum Gasteiger partial charge on any atom is -0.387 e. The van der Waals surface area contributed by atoms with Crippen LogP contribution < -0.4 is 0 Å². The summed E-state index contributed by atoms with van der Waals surface area (Å²) in [5.41, 5.74) is 2.51. The van der Waals surface area contributed by atoms with Crippen molar-refractivity contribution in [2.75, 3.05) is 6.54 Å². The molecule has 1 N–H and O–H groups in total. The van der Waals surface area contributed by atoms with Crippen LogP contribution >= 0.6 is 0 Å². The van der Waals surface area contributed by atoms with E-state index in [-0.39, 0.29) is 6.10 Å². The van der Waals surface area contributed by atoms with Crippen molar-refractivity contribution in [3.05, 3.63) is 35.4 Å². The highest BCUT2D eigenvalue weighted by atomic mass is 16.3. The molecule has 3 atom stereocenters. The maximum atomic E-state index is 10.8. The SMILES string of the molecule is CCCN(C1CC1)C1CC(C)c2ccccc2C1O. The molecule has 1 saturated carbocycles. The number of benzene rings is 1. The predicted octanol–water partition coefficient (Wildman–Crippen LogP) is 3.47. The first kappa shape index (κ1) is 13.1. The molecule has 1 fully saturated rings. The number of hydrogen-bond donors (Lipinski definition) is 1. The number of rotatable bonds is 4. The molecule has 104 valence electrons. The lowest BCUT2D eigenvalue weighted by Gasteiger charge is -2.41. The van der Waals surface area contributed by atoms with E-state index in [0.29, 0.717) is 12.0 Å². The van der Waals surface area contributed by atoms with Gasteiger partial charge in [-0.2, -0.15) is 0 Å². The van der Waals surface area contributed by atoms with E-state index in [2.05, 4.69) is 43.0 Å². The molecule has 0 amide bonds. The quantitative estimate of drug-likeness (QED) is 0.895. The third-order valence-electron chi connectivity index (χ3n) is 4.73. The second-order valence-electron chi connectivity index (χ2n) is 6.25. The summed E-state index contributed by atoms with van der Waals surface area (Å²) in [4.78, 5) is 2.58. The lowest BCUT2D eigenvalue weighted by molar-refractivity contribution is 0.0263. The Hall–Kier alpha value is -0.860. The van der Waals surface area contributed by atoms with Gasteiger partial charge in [0, 0.05) is 12.1 Å². The standard InChI is InChI=1S/C17H25NO/c1-3-10-18(13-8-9-13)16-11-12(2)14-6-4-5-7-15(14)17(16)19/h4-7,12-13,16-17,19H,3,8-11H2,1-2H3. The zero-order valence-corrected chi connectivity index (χ0v) is 12.0. The highest BCUT2D eigenvalue weighted by molar-refractivity contribution is 5.35. The summed E-state index contributed by atoms with van der Waals surface area (Å²) < 4.78 is 0. The van der Waals surface area contributed by atoms with Gasteiger partial charge in [0.05, 0.1) is 6.10 Å². The van der Waals surface area contributed by atoms with Gasteiger partial charge in [-0.25, -0.2) is 0 Å². The fourth-order valence-electron chi connectivity index (χ4n) is 3.65. The highest BCUT2D eigenvalue weighted by Gasteiger charge is 2.40. The molecule has 0 radical (unpaired) electrons. The molecule has 0 spiro atoms. The van der Waals surface area contributed by atoms with Crippen molar-refractivity contribution < 1.29 is 5.11 Å². The van der Waals surface area contributed by atoms with Crippen molar-refractivity contribution in [1.82, 2.24) is 4.90 Å². The molecular weight excluding hydrogens is 234 g/mol. The van der Waals surface area contributed by atoms with Gasteiger partial charge in [0.2, 0.25) is 0 Å². The molecule has 2 aliphatic rings. The fraction of sp³-hybridized carbons (Fsp3) is 0.647. The van der Waals surface area contributed by atoms with Gasteiger partial charge in [-0.3, -0.25) is 4.90 Å². The average Bonchev–Trinajstić information content (AvgIpc) is 3.25. The van der Waals surface area contributed by atoms with Gasteiger partial charge in [-0.05, 0) is 49.3 Å². The maximum absolute atomic E-state index is 10.8. The molecule has 0 aliphatic heterocycles. The van der Waals surface area contributed by atoms with Crippen LogP contribution in [-0.4, -0.2) is 28.6 Å². The maximum Gasteiger partial charge on any atom is 0.0948 e. The molecule has 19 heavy (non-hydrogen) atoms. The molecule has 3 unspecified atom stereocenters. The van der Waals surface area contributed by atoms with Gasteiger partial charge in [0.1, 0.15) is 0 Å². The Kier molecular flexibility index (Phi) is 3.64. The predicted molar refractivity (Wildman–Crippen MR) is 78.2 cm³/mol. The molecule has 0 saturated heterocycles. The first-order valence-corrected chi connectivity index (χ1v) is 7.75. The smallest absolute Gasteiger partial charge is 0.0948 e. The number of fused-ring (bicyclic) bond motifs is 1. The van der Waals surface area contributed by atoms with Crippen LogP contribution in [0.4, 0.5) is 0 Å². The number of nitrogens with zero attached hydrogens (tertiary/aromatic N) is 1. The van der Waals surface area contributed by atoms with Gasteiger partial charge in [-0.15, -0.1) is 0 Å². The Balaban J connectivity index is 1.88. The van der Waals surface area contributed by atoms with E-state index in [4.69, 9.17) is 0 Å². The number of aliphatic hydroxyl groups excluding tert-OH is 1. The zero-order chi connectivity index (χ0) is 13.4. The largest absolute Gasteiger partial charge is 0.387 e. The minimum absolute atomic E-state index is 0.306. The minimum atomic E-state index is -0.306. The van der Waals surface area contributed by atoms with Crippen LogP contribution in [-0.2, 0) is 0 Å². The Morgan fingerprint density at radius 3 is 2.53 bits per heavy atom. The van der Waals surface area contributed by atoms with Crippen molar-refractivity contribution in [1.29, 1.82) is 0 Å². The lowest BCUT2D eigenvalue weighted by atomic mass is 9.78. The van der Waals surface area contributed by atoms with E-state index in [1.165, 1.54) is 24.8 Å². The summed E-state index contributed by atoms with van der Waals surface area (Å²) in [6.07, 6.45) is 4.60. The van der Waals surface area contributed by atoms with Crippen LogP contribution in [0, 0.1) is 0 Å². The van der Waals surface area contributed by atoms with E-state index in [1.54, 1.807) is 0 Å². The summed E-state index contributed by atoms with van der Waals surface area (Å²) in [7, 11) is 0. The molecule has 2 aliphatic carbocycles. The average molecular weight is 259 g/mol. The number of aliphatic hydroxyl groups is 1. The van der Waals surface area contributed by atoms with Gasteiger partial charge in [-0.1, -0.05) is 38.1 Å². The number of hydrogen-bond acceptors (Lipinski definition) is 2. The monoisotopic (exact) mass is 259 g/mol. The topological polar surface area (TPSA) is 23.5 Å². The zero-order valence-electron chi connectivity index (χ0n) is 12.0. The summed E-state index contributed by atoms with van der Waals surface area (Å²) in [5, 5.41) is 10.8. The second kappa shape index (κ2) is 5.26. The van der Waals surface area contributed by atoms with Crippen molar-refractivity contribution in [3.63, 3.8) is 0 Å². The van der Waals surface area contributed by atoms with Crippen LogP contribution in [0.25, 0.3) is 0 Å². The normalized spacial score (nSPS) is 30.4.